The maximum absolute atomic E-state index is 5.05. The first-order chi connectivity index (χ1) is 22.8. The fourth-order valence-electron chi connectivity index (χ4n) is 6.61. The van der Waals surface area contributed by atoms with Crippen molar-refractivity contribution in [3.63, 3.8) is 0 Å². The predicted octanol–water partition coefficient (Wildman–Crippen LogP) is 8.10. The van der Waals surface area contributed by atoms with Crippen molar-refractivity contribution >= 4 is 76.5 Å². The summed E-state index contributed by atoms with van der Waals surface area (Å²) in [4.78, 5) is 10.1. The molecule has 2 aromatic heterocycles. The number of nitrogens with one attached hydrogen (secondary N) is 4. The Balaban J connectivity index is 0.867. The number of aromatic nitrogens is 2. The summed E-state index contributed by atoms with van der Waals surface area (Å²) in [5, 5.41) is 24.1. The van der Waals surface area contributed by atoms with Crippen LogP contribution in [0.1, 0.15) is 0 Å². The molecule has 0 fully saturated rings. The van der Waals surface area contributed by atoms with Crippen LogP contribution in [0, 0.1) is 0 Å². The number of anilines is 2. The maximum Gasteiger partial charge on any atom is 0.0808 e. The summed E-state index contributed by atoms with van der Waals surface area (Å²) in [6, 6.07) is 42.6. The lowest BCUT2D eigenvalue weighted by Crippen LogP contribution is -2.32. The molecule has 0 atom stereocenters. The van der Waals surface area contributed by atoms with Crippen LogP contribution in [0.25, 0.3) is 65.2 Å². The van der Waals surface area contributed by atoms with Crippen LogP contribution in [0.5, 0.6) is 0 Å². The van der Waals surface area contributed by atoms with Gasteiger partial charge in [-0.15, -0.1) is 0 Å². The molecule has 0 amide bonds. The van der Waals surface area contributed by atoms with Gasteiger partial charge in [-0.3, -0.25) is 0 Å². The summed E-state index contributed by atoms with van der Waals surface area (Å²) < 4.78 is 0. The van der Waals surface area contributed by atoms with E-state index < -0.39 is 0 Å². The summed E-state index contributed by atoms with van der Waals surface area (Å²) in [5.74, 6) is 0. The van der Waals surface area contributed by atoms with Gasteiger partial charge in [-0.25, -0.2) is 9.97 Å². The molecule has 8 rings (SSSR count). The molecule has 0 saturated carbocycles. The van der Waals surface area contributed by atoms with E-state index in [-0.39, 0.29) is 0 Å². The van der Waals surface area contributed by atoms with E-state index in [9.17, 15) is 0 Å². The van der Waals surface area contributed by atoms with Crippen molar-refractivity contribution in [2.24, 2.45) is 0 Å². The van der Waals surface area contributed by atoms with Crippen LogP contribution in [-0.4, -0.2) is 49.2 Å². The third kappa shape index (κ3) is 5.32. The van der Waals surface area contributed by atoms with Gasteiger partial charge in [0.15, 0.2) is 0 Å². The fourth-order valence-corrected chi connectivity index (χ4v) is 6.61. The van der Waals surface area contributed by atoms with E-state index in [4.69, 9.17) is 9.97 Å². The highest BCUT2D eigenvalue weighted by atomic mass is 15.0. The standard InChI is InChI=1S/C40H36N6/c1-3-11-29-27(9-1)17-19-33-37(31-13-5-7-15-35(31)45-39(29)33)43-25-23-41-21-22-42-24-26-44-38-32-14-6-8-16-36(32)46-40-30-12-4-2-10-28(30)18-20-34(38)40/h1-20,41-42H,21-26H2,(H,43,45)(H,44,46). The molecule has 4 N–H and O–H groups in total. The fraction of sp³-hybridized carbons (Fsp3) is 0.150. The molecule has 0 aliphatic heterocycles. The molecule has 0 radical (unpaired) electrons. The monoisotopic (exact) mass is 600 g/mol. The Morgan fingerprint density at radius 1 is 0.348 bits per heavy atom. The minimum Gasteiger partial charge on any atom is -0.383 e. The Labute approximate surface area is 267 Å². The number of fused-ring (bicyclic) bond motifs is 8. The lowest BCUT2D eigenvalue weighted by atomic mass is 10.0. The molecule has 2 heterocycles. The first-order valence-corrected chi connectivity index (χ1v) is 16.1. The zero-order chi connectivity index (χ0) is 30.7. The SMILES string of the molecule is c1ccc2c(c1)ccc1c(NCCNCCNCCNc3c4ccccc4nc4c3ccc3ccccc34)c3ccccc3nc12. The van der Waals surface area contributed by atoms with E-state index in [1.165, 1.54) is 21.5 Å². The number of nitrogens with zero attached hydrogens (tertiary/aromatic N) is 2. The number of pyridine rings is 2. The third-order valence-electron chi connectivity index (χ3n) is 8.84. The molecular weight excluding hydrogens is 564 g/mol. The molecule has 6 heteroatoms. The van der Waals surface area contributed by atoms with Crippen LogP contribution in [0.4, 0.5) is 11.4 Å². The van der Waals surface area contributed by atoms with E-state index in [2.05, 4.69) is 143 Å². The highest BCUT2D eigenvalue weighted by Crippen LogP contribution is 2.35. The molecule has 0 spiro atoms. The zero-order valence-corrected chi connectivity index (χ0v) is 25.7. The Morgan fingerprint density at radius 2 is 0.739 bits per heavy atom. The molecule has 8 aromatic rings. The van der Waals surface area contributed by atoms with Crippen molar-refractivity contribution in [3.05, 3.63) is 121 Å². The van der Waals surface area contributed by atoms with Gasteiger partial charge in [0.2, 0.25) is 0 Å². The Bertz CT molecular complexity index is 2180. The van der Waals surface area contributed by atoms with Crippen LogP contribution >= 0.6 is 0 Å². The normalized spacial score (nSPS) is 11.7. The van der Waals surface area contributed by atoms with Gasteiger partial charge >= 0.3 is 0 Å². The molecule has 0 aliphatic rings. The van der Waals surface area contributed by atoms with Crippen LogP contribution in [0.3, 0.4) is 0 Å². The van der Waals surface area contributed by atoms with E-state index in [1.54, 1.807) is 0 Å². The van der Waals surface area contributed by atoms with Gasteiger partial charge in [-0.05, 0) is 22.9 Å². The van der Waals surface area contributed by atoms with Crippen LogP contribution < -0.4 is 21.3 Å². The average molecular weight is 601 g/mol. The van der Waals surface area contributed by atoms with Crippen molar-refractivity contribution in [1.29, 1.82) is 0 Å². The number of para-hydroxylation sites is 2. The highest BCUT2D eigenvalue weighted by molar-refractivity contribution is 6.17. The molecule has 6 nitrogen and oxygen atoms in total. The Hall–Kier alpha value is -5.30. The molecule has 0 aliphatic carbocycles. The van der Waals surface area contributed by atoms with Crippen LogP contribution in [0.15, 0.2) is 121 Å². The molecule has 6 aromatic carbocycles. The lowest BCUT2D eigenvalue weighted by molar-refractivity contribution is 0.627. The molecular formula is C40H36N6. The summed E-state index contributed by atoms with van der Waals surface area (Å²) in [5.41, 5.74) is 6.43. The molecule has 226 valence electrons. The van der Waals surface area contributed by atoms with Gasteiger partial charge in [0.25, 0.3) is 0 Å². The van der Waals surface area contributed by atoms with E-state index in [0.29, 0.717) is 0 Å². The first-order valence-electron chi connectivity index (χ1n) is 16.1. The van der Waals surface area contributed by atoms with Crippen molar-refractivity contribution in [3.8, 4) is 0 Å². The predicted molar refractivity (Wildman–Crippen MR) is 196 cm³/mol. The zero-order valence-electron chi connectivity index (χ0n) is 25.7. The molecule has 0 saturated heterocycles. The summed E-state index contributed by atoms with van der Waals surface area (Å²) in [7, 11) is 0. The third-order valence-corrected chi connectivity index (χ3v) is 8.84. The molecule has 0 unspecified atom stereocenters. The topological polar surface area (TPSA) is 73.9 Å². The van der Waals surface area contributed by atoms with E-state index in [1.807, 2.05) is 0 Å². The Morgan fingerprint density at radius 3 is 1.22 bits per heavy atom. The van der Waals surface area contributed by atoms with Crippen LogP contribution in [-0.2, 0) is 0 Å². The minimum atomic E-state index is 0.828. The highest BCUT2D eigenvalue weighted by Gasteiger charge is 2.12. The molecule has 0 bridgehead atoms. The van der Waals surface area contributed by atoms with Gasteiger partial charge in [-0.1, -0.05) is 109 Å². The van der Waals surface area contributed by atoms with Crippen molar-refractivity contribution < 1.29 is 0 Å². The second kappa shape index (κ2) is 12.6. The summed E-state index contributed by atoms with van der Waals surface area (Å²) in [6.45, 7) is 5.19. The van der Waals surface area contributed by atoms with E-state index >= 15 is 0 Å². The first kappa shape index (κ1) is 28.2. The van der Waals surface area contributed by atoms with Gasteiger partial charge in [0, 0.05) is 71.6 Å². The number of rotatable bonds is 11. The summed E-state index contributed by atoms with van der Waals surface area (Å²) >= 11 is 0. The quantitative estimate of drug-likeness (QED) is 0.0683. The van der Waals surface area contributed by atoms with Crippen molar-refractivity contribution in [2.75, 3.05) is 49.9 Å². The van der Waals surface area contributed by atoms with Crippen molar-refractivity contribution in [1.82, 2.24) is 20.6 Å². The van der Waals surface area contributed by atoms with Crippen molar-refractivity contribution in [2.45, 2.75) is 0 Å². The van der Waals surface area contributed by atoms with Gasteiger partial charge in [-0.2, -0.15) is 0 Å². The summed E-state index contributed by atoms with van der Waals surface area (Å²) in [6.07, 6.45) is 0. The lowest BCUT2D eigenvalue weighted by Gasteiger charge is -2.15. The maximum atomic E-state index is 5.05. The average Bonchev–Trinajstić information content (AvgIpc) is 3.11. The smallest absolute Gasteiger partial charge is 0.0808 e. The second-order valence-corrected chi connectivity index (χ2v) is 11.7. The van der Waals surface area contributed by atoms with Gasteiger partial charge in [0.1, 0.15) is 0 Å². The number of benzene rings is 6. The molecule has 46 heavy (non-hydrogen) atoms. The van der Waals surface area contributed by atoms with Gasteiger partial charge in [0.05, 0.1) is 33.4 Å². The second-order valence-electron chi connectivity index (χ2n) is 11.7. The largest absolute Gasteiger partial charge is 0.383 e. The minimum absolute atomic E-state index is 0.828. The number of hydrogen-bond acceptors (Lipinski definition) is 6. The number of hydrogen-bond donors (Lipinski definition) is 4. The van der Waals surface area contributed by atoms with Gasteiger partial charge < -0.3 is 21.3 Å². The van der Waals surface area contributed by atoms with E-state index in [0.717, 1.165) is 94.3 Å². The van der Waals surface area contributed by atoms with Crippen LogP contribution in [0.2, 0.25) is 0 Å². The Kier molecular flexibility index (Phi) is 7.72.